The second kappa shape index (κ2) is 6.07. The maximum atomic E-state index is 2.69. The monoisotopic (exact) mass is 188 g/mol. The van der Waals surface area contributed by atoms with Crippen LogP contribution in [-0.2, 0) is 0 Å². The van der Waals surface area contributed by atoms with Crippen molar-refractivity contribution in [3.05, 3.63) is 29.8 Å². The van der Waals surface area contributed by atoms with Crippen molar-refractivity contribution in [3.8, 4) is 0 Å². The van der Waals surface area contributed by atoms with E-state index in [0.29, 0.717) is 0 Å². The van der Waals surface area contributed by atoms with Gasteiger partial charge in [0, 0.05) is 0 Å². The Kier molecular flexibility index (Phi) is 7.87. The zero-order valence-electron chi connectivity index (χ0n) is 5.64. The van der Waals surface area contributed by atoms with Gasteiger partial charge in [-0.1, -0.05) is 0 Å². The first-order valence-corrected chi connectivity index (χ1v) is 3.19. The summed E-state index contributed by atoms with van der Waals surface area (Å²) in [7, 11) is 0. The Morgan fingerprint density at radius 3 is 1.90 bits per heavy atom. The first-order valence-electron chi connectivity index (χ1n) is 2.62. The molecule has 0 radical (unpaired) electrons. The third-order valence-corrected chi connectivity index (χ3v) is 1.84. The SMILES string of the molecule is Cc1cccc[c]1[Al+2].[Cl-].[Cl-]. The number of aryl methyl sites for hydroxylation is 1. The summed E-state index contributed by atoms with van der Waals surface area (Å²) in [5, 5.41) is 0. The topological polar surface area (TPSA) is 0 Å². The zero-order chi connectivity index (χ0) is 5.98. The summed E-state index contributed by atoms with van der Waals surface area (Å²) >= 11 is 2.69. The van der Waals surface area contributed by atoms with Crippen LogP contribution in [0.3, 0.4) is 0 Å². The van der Waals surface area contributed by atoms with Crippen LogP contribution in [0.2, 0.25) is 0 Å². The van der Waals surface area contributed by atoms with Gasteiger partial charge in [0.25, 0.3) is 0 Å². The summed E-state index contributed by atoms with van der Waals surface area (Å²) in [5.41, 5.74) is 1.33. The molecule has 0 N–H and O–H groups in total. The molecule has 0 fully saturated rings. The first kappa shape index (κ1) is 13.0. The molecule has 0 unspecified atom stereocenters. The van der Waals surface area contributed by atoms with Crippen LogP contribution in [0.4, 0.5) is 0 Å². The molecule has 3 heteroatoms. The van der Waals surface area contributed by atoms with Gasteiger partial charge in [-0.3, -0.25) is 0 Å². The van der Waals surface area contributed by atoms with E-state index in [9.17, 15) is 0 Å². The van der Waals surface area contributed by atoms with Gasteiger partial charge in [-0.2, -0.15) is 0 Å². The van der Waals surface area contributed by atoms with Crippen molar-refractivity contribution in [3.63, 3.8) is 0 Å². The number of hydrogen-bond donors (Lipinski definition) is 0. The number of rotatable bonds is 0. The fourth-order valence-electron chi connectivity index (χ4n) is 0.587. The molecule has 0 nitrogen and oxygen atoms in total. The minimum Gasteiger partial charge on any atom is -1.00 e. The summed E-state index contributed by atoms with van der Waals surface area (Å²) in [6.45, 7) is 2.10. The molecule has 0 atom stereocenters. The molecular weight excluding hydrogens is 182 g/mol. The molecule has 0 aliphatic rings. The predicted octanol–water partition coefficient (Wildman–Crippen LogP) is -5.20. The van der Waals surface area contributed by atoms with Gasteiger partial charge in [0.15, 0.2) is 0 Å². The molecule has 52 valence electrons. The number of hydrogen-bond acceptors (Lipinski definition) is 0. The van der Waals surface area contributed by atoms with Gasteiger partial charge >= 0.3 is 57.5 Å². The van der Waals surface area contributed by atoms with Crippen molar-refractivity contribution in [2.24, 2.45) is 0 Å². The van der Waals surface area contributed by atoms with Crippen LogP contribution in [0.15, 0.2) is 24.3 Å². The minimum atomic E-state index is 0. The summed E-state index contributed by atoms with van der Waals surface area (Å²) in [4.78, 5) is 0. The van der Waals surface area contributed by atoms with Gasteiger partial charge in [0.1, 0.15) is 0 Å². The van der Waals surface area contributed by atoms with Crippen LogP contribution in [-0.4, -0.2) is 16.3 Å². The number of benzene rings is 1. The van der Waals surface area contributed by atoms with Crippen molar-refractivity contribution < 1.29 is 24.8 Å². The van der Waals surface area contributed by atoms with Gasteiger partial charge in [-0.25, -0.2) is 0 Å². The van der Waals surface area contributed by atoms with Crippen LogP contribution in [0, 0.1) is 6.92 Å². The normalized spacial score (nSPS) is 7.50. The Labute approximate surface area is 82.3 Å². The van der Waals surface area contributed by atoms with E-state index in [1.165, 1.54) is 9.99 Å². The van der Waals surface area contributed by atoms with Gasteiger partial charge in [0.05, 0.1) is 0 Å². The molecule has 10 heavy (non-hydrogen) atoms. The van der Waals surface area contributed by atoms with Crippen LogP contribution >= 0.6 is 0 Å². The molecule has 0 spiro atoms. The van der Waals surface area contributed by atoms with Gasteiger partial charge in [-0.05, 0) is 0 Å². The van der Waals surface area contributed by atoms with E-state index < -0.39 is 0 Å². The molecule has 0 bridgehead atoms. The predicted molar refractivity (Wildman–Crippen MR) is 36.6 cm³/mol. The molecule has 0 amide bonds. The van der Waals surface area contributed by atoms with E-state index in [4.69, 9.17) is 0 Å². The minimum absolute atomic E-state index is 0. The van der Waals surface area contributed by atoms with E-state index in [-0.39, 0.29) is 24.8 Å². The van der Waals surface area contributed by atoms with E-state index in [2.05, 4.69) is 35.3 Å². The maximum absolute atomic E-state index is 2.69. The van der Waals surface area contributed by atoms with Crippen molar-refractivity contribution in [2.75, 3.05) is 0 Å². The average molecular weight is 189 g/mol. The molecule has 1 aromatic carbocycles. The summed E-state index contributed by atoms with van der Waals surface area (Å²) in [5.74, 6) is 0. The Hall–Kier alpha value is 0.332. The molecule has 0 aliphatic carbocycles. The Balaban J connectivity index is 0. The van der Waals surface area contributed by atoms with E-state index in [0.717, 1.165) is 0 Å². The quantitative estimate of drug-likeness (QED) is 0.358. The standard InChI is InChI=1S/C7H7.Al.2ClH/c1-7-5-3-2-4-6-7;;;/h2-5H,1H3;;2*1H/q;+2;;/p-2. The Bertz CT molecular complexity index is 168. The van der Waals surface area contributed by atoms with E-state index >= 15 is 0 Å². The van der Waals surface area contributed by atoms with Crippen molar-refractivity contribution in [2.45, 2.75) is 6.92 Å². The molecule has 1 rings (SSSR count). The molecule has 0 aromatic heterocycles. The maximum Gasteiger partial charge on any atom is -1.00 e. The second-order valence-electron chi connectivity index (χ2n) is 1.86. The molecule has 0 heterocycles. The van der Waals surface area contributed by atoms with Gasteiger partial charge in [-0.15, -0.1) is 0 Å². The molecule has 1 aromatic rings. The molecule has 0 saturated heterocycles. The third kappa shape index (κ3) is 3.49. The Morgan fingerprint density at radius 1 is 1.10 bits per heavy atom. The third-order valence-electron chi connectivity index (χ3n) is 1.19. The first-order chi connectivity index (χ1) is 3.80. The number of halogens is 2. The largest absolute Gasteiger partial charge is 1.00 e. The fraction of sp³-hybridized carbons (Fsp3) is 0.143. The smallest absolute Gasteiger partial charge is 1.00 e. The molecular formula is C7H7AlCl2. The summed E-state index contributed by atoms with van der Waals surface area (Å²) in [6, 6.07) is 8.26. The van der Waals surface area contributed by atoms with Crippen molar-refractivity contribution in [1.82, 2.24) is 0 Å². The Morgan fingerprint density at radius 2 is 1.60 bits per heavy atom. The summed E-state index contributed by atoms with van der Waals surface area (Å²) < 4.78 is 1.28. The summed E-state index contributed by atoms with van der Waals surface area (Å²) in [6.07, 6.45) is 0. The van der Waals surface area contributed by atoms with Crippen molar-refractivity contribution >= 4 is 20.7 Å². The fourth-order valence-corrected chi connectivity index (χ4v) is 0.794. The second-order valence-corrected chi connectivity index (χ2v) is 2.48. The van der Waals surface area contributed by atoms with Gasteiger partial charge in [0.2, 0.25) is 0 Å². The average Bonchev–Trinajstić information content (AvgIpc) is 1.77. The molecule has 0 aliphatic heterocycles. The van der Waals surface area contributed by atoms with Crippen molar-refractivity contribution in [1.29, 1.82) is 0 Å². The molecule has 0 saturated carbocycles. The van der Waals surface area contributed by atoms with Crippen LogP contribution in [0.1, 0.15) is 5.56 Å². The zero-order valence-corrected chi connectivity index (χ0v) is 8.31. The van der Waals surface area contributed by atoms with E-state index in [1.807, 2.05) is 12.1 Å². The van der Waals surface area contributed by atoms with Gasteiger partial charge < -0.3 is 24.8 Å². The van der Waals surface area contributed by atoms with Crippen LogP contribution in [0.5, 0.6) is 0 Å². The van der Waals surface area contributed by atoms with Crippen LogP contribution in [0.25, 0.3) is 0 Å². The van der Waals surface area contributed by atoms with Crippen LogP contribution < -0.4 is 29.2 Å². The van der Waals surface area contributed by atoms with E-state index in [1.54, 1.807) is 0 Å².